The van der Waals surface area contributed by atoms with Crippen LogP contribution in [0.15, 0.2) is 48.5 Å². The molecular formula is C22H25N3O5S. The highest BCUT2D eigenvalue weighted by Crippen LogP contribution is 2.30. The van der Waals surface area contributed by atoms with E-state index in [-0.39, 0.29) is 17.3 Å². The molecule has 8 nitrogen and oxygen atoms in total. The van der Waals surface area contributed by atoms with Crippen LogP contribution < -0.4 is 13.9 Å². The maximum Gasteiger partial charge on any atom is 0.253 e. The molecule has 0 N–H and O–H groups in total. The van der Waals surface area contributed by atoms with Gasteiger partial charge in [0.25, 0.3) is 5.91 Å². The number of amides is 2. The summed E-state index contributed by atoms with van der Waals surface area (Å²) in [6.45, 7) is 4.10. The fourth-order valence-corrected chi connectivity index (χ4v) is 5.87. The molecule has 2 amide bonds. The largest absolute Gasteiger partial charge is 0.495 e. The van der Waals surface area contributed by atoms with Crippen LogP contribution in [0.2, 0.25) is 0 Å². The number of nitrogens with zero attached hydrogens (tertiary/aromatic N) is 3. The smallest absolute Gasteiger partial charge is 0.253 e. The first-order chi connectivity index (χ1) is 14.8. The van der Waals surface area contributed by atoms with Gasteiger partial charge in [0.05, 0.1) is 30.2 Å². The van der Waals surface area contributed by atoms with Gasteiger partial charge >= 0.3 is 0 Å². The fourth-order valence-electron chi connectivity index (χ4n) is 4.05. The topological polar surface area (TPSA) is 87.2 Å². The number of methoxy groups -OCH3 is 1. The van der Waals surface area contributed by atoms with Crippen molar-refractivity contribution in [1.82, 2.24) is 4.90 Å². The van der Waals surface area contributed by atoms with E-state index in [2.05, 4.69) is 4.90 Å². The Morgan fingerprint density at radius 1 is 1.00 bits per heavy atom. The first kappa shape index (κ1) is 21.2. The van der Waals surface area contributed by atoms with Gasteiger partial charge in [0.2, 0.25) is 15.9 Å². The average molecular weight is 444 g/mol. The van der Waals surface area contributed by atoms with Crippen molar-refractivity contribution in [3.63, 3.8) is 0 Å². The third kappa shape index (κ3) is 3.97. The van der Waals surface area contributed by atoms with Gasteiger partial charge in [-0.1, -0.05) is 19.1 Å². The lowest BCUT2D eigenvalue weighted by Crippen LogP contribution is -2.48. The second kappa shape index (κ2) is 8.22. The minimum atomic E-state index is -3.66. The number of benzene rings is 2. The van der Waals surface area contributed by atoms with E-state index in [1.54, 1.807) is 31.1 Å². The molecule has 2 heterocycles. The van der Waals surface area contributed by atoms with E-state index in [9.17, 15) is 18.0 Å². The highest BCUT2D eigenvalue weighted by atomic mass is 32.2. The molecule has 2 aliphatic rings. The van der Waals surface area contributed by atoms with Crippen LogP contribution >= 0.6 is 0 Å². The SMILES string of the molecule is COc1ccccc1N1CCN(C(=O)c2ccc(N3C(=O)[C@@H](C)CS3(=O)=O)cc2)CC1. The second-order valence-corrected chi connectivity index (χ2v) is 9.64. The number of hydrogen-bond donors (Lipinski definition) is 0. The van der Waals surface area contributed by atoms with Crippen molar-refractivity contribution in [1.29, 1.82) is 0 Å². The van der Waals surface area contributed by atoms with Crippen LogP contribution in [0.4, 0.5) is 11.4 Å². The number of sulfonamides is 1. The maximum atomic E-state index is 12.9. The molecular weight excluding hydrogens is 418 g/mol. The molecule has 0 bridgehead atoms. The van der Waals surface area contributed by atoms with Gasteiger partial charge in [-0.2, -0.15) is 0 Å². The van der Waals surface area contributed by atoms with E-state index < -0.39 is 21.8 Å². The molecule has 4 rings (SSSR count). The van der Waals surface area contributed by atoms with Crippen LogP contribution in [0.25, 0.3) is 0 Å². The van der Waals surface area contributed by atoms with Gasteiger partial charge in [-0.05, 0) is 36.4 Å². The van der Waals surface area contributed by atoms with E-state index in [0.717, 1.165) is 15.7 Å². The van der Waals surface area contributed by atoms with Crippen molar-refractivity contribution in [3.05, 3.63) is 54.1 Å². The van der Waals surface area contributed by atoms with Gasteiger partial charge in [-0.25, -0.2) is 12.7 Å². The summed E-state index contributed by atoms with van der Waals surface area (Å²) in [4.78, 5) is 29.1. The Morgan fingerprint density at radius 2 is 1.65 bits per heavy atom. The quantitative estimate of drug-likeness (QED) is 0.718. The van der Waals surface area contributed by atoms with Crippen LogP contribution in [-0.2, 0) is 14.8 Å². The van der Waals surface area contributed by atoms with E-state index in [0.29, 0.717) is 31.7 Å². The summed E-state index contributed by atoms with van der Waals surface area (Å²) in [7, 11) is -2.01. The predicted octanol–water partition coefficient (Wildman–Crippen LogP) is 1.97. The molecule has 31 heavy (non-hydrogen) atoms. The number of hydrogen-bond acceptors (Lipinski definition) is 6. The molecule has 2 saturated heterocycles. The molecule has 2 fully saturated rings. The lowest BCUT2D eigenvalue weighted by Gasteiger charge is -2.36. The summed E-state index contributed by atoms with van der Waals surface area (Å²) >= 11 is 0. The number of carbonyl (C=O) groups excluding carboxylic acids is 2. The molecule has 2 aromatic rings. The molecule has 9 heteroatoms. The van der Waals surface area contributed by atoms with Gasteiger partial charge in [-0.3, -0.25) is 9.59 Å². The Bertz CT molecular complexity index is 1090. The highest BCUT2D eigenvalue weighted by Gasteiger charge is 2.42. The van der Waals surface area contributed by atoms with Crippen LogP contribution in [0, 0.1) is 5.92 Å². The number of piperazine rings is 1. The summed E-state index contributed by atoms with van der Waals surface area (Å²) in [6, 6.07) is 14.0. The lowest BCUT2D eigenvalue weighted by molar-refractivity contribution is -0.119. The number of rotatable bonds is 4. The summed E-state index contributed by atoms with van der Waals surface area (Å²) in [5.41, 5.74) is 1.74. The van der Waals surface area contributed by atoms with Crippen molar-refractivity contribution in [3.8, 4) is 5.75 Å². The molecule has 0 aromatic heterocycles. The zero-order chi connectivity index (χ0) is 22.2. The Kier molecular flexibility index (Phi) is 5.62. The summed E-state index contributed by atoms with van der Waals surface area (Å²) in [6.07, 6.45) is 0. The molecule has 164 valence electrons. The van der Waals surface area contributed by atoms with E-state index in [4.69, 9.17) is 4.74 Å². The van der Waals surface area contributed by atoms with Crippen LogP contribution in [0.3, 0.4) is 0 Å². The lowest BCUT2D eigenvalue weighted by atomic mass is 10.1. The number of anilines is 2. The number of ether oxygens (including phenoxy) is 1. The Labute approximate surface area is 182 Å². The first-order valence-corrected chi connectivity index (χ1v) is 11.8. The van der Waals surface area contributed by atoms with Crippen LogP contribution in [0.5, 0.6) is 5.75 Å². The first-order valence-electron chi connectivity index (χ1n) is 10.2. The summed E-state index contributed by atoms with van der Waals surface area (Å²) in [5, 5.41) is 0. The van der Waals surface area contributed by atoms with Gasteiger partial charge in [0.1, 0.15) is 5.75 Å². The van der Waals surface area contributed by atoms with Crippen molar-refractivity contribution in [2.75, 3.05) is 48.2 Å². The zero-order valence-electron chi connectivity index (χ0n) is 17.5. The number of para-hydroxylation sites is 2. The van der Waals surface area contributed by atoms with Gasteiger partial charge in [0.15, 0.2) is 0 Å². The monoisotopic (exact) mass is 443 g/mol. The maximum absolute atomic E-state index is 12.9. The second-order valence-electron chi connectivity index (χ2n) is 7.78. The fraction of sp³-hybridized carbons (Fsp3) is 0.364. The normalized spacial score (nSPS) is 20.8. The van der Waals surface area contributed by atoms with Crippen LogP contribution in [0.1, 0.15) is 17.3 Å². The zero-order valence-corrected chi connectivity index (χ0v) is 18.3. The van der Waals surface area contributed by atoms with Gasteiger partial charge < -0.3 is 14.5 Å². The standard InChI is InChI=1S/C22H25N3O5S/c1-16-15-31(28,29)25(21(16)26)18-9-7-17(8-10-18)22(27)24-13-11-23(12-14-24)19-5-3-4-6-20(19)30-2/h3-10,16H,11-15H2,1-2H3/t16-/m0/s1. The molecule has 0 spiro atoms. The molecule has 0 unspecified atom stereocenters. The Balaban J connectivity index is 1.43. The minimum absolute atomic E-state index is 0.116. The molecule has 2 aromatic carbocycles. The average Bonchev–Trinajstić information content (AvgIpc) is 2.99. The molecule has 0 saturated carbocycles. The summed E-state index contributed by atoms with van der Waals surface area (Å²) in [5.74, 6) is -0.505. The van der Waals surface area contributed by atoms with Crippen molar-refractivity contribution in [2.24, 2.45) is 5.92 Å². The summed E-state index contributed by atoms with van der Waals surface area (Å²) < 4.78 is 30.8. The van der Waals surface area contributed by atoms with Crippen molar-refractivity contribution < 1.29 is 22.7 Å². The Hall–Kier alpha value is -3.07. The van der Waals surface area contributed by atoms with E-state index >= 15 is 0 Å². The predicted molar refractivity (Wildman–Crippen MR) is 118 cm³/mol. The molecule has 1 atom stereocenters. The third-order valence-corrected chi connectivity index (χ3v) is 7.57. The minimum Gasteiger partial charge on any atom is -0.495 e. The Morgan fingerprint density at radius 3 is 2.23 bits per heavy atom. The third-order valence-electron chi connectivity index (χ3n) is 5.70. The number of carbonyl (C=O) groups is 2. The van der Waals surface area contributed by atoms with Crippen molar-refractivity contribution >= 4 is 33.2 Å². The van der Waals surface area contributed by atoms with Crippen molar-refractivity contribution in [2.45, 2.75) is 6.92 Å². The molecule has 0 aliphatic carbocycles. The van der Waals surface area contributed by atoms with E-state index in [1.165, 1.54) is 12.1 Å². The molecule has 2 aliphatic heterocycles. The molecule has 0 radical (unpaired) electrons. The van der Waals surface area contributed by atoms with Crippen LogP contribution in [-0.4, -0.2) is 64.2 Å². The van der Waals surface area contributed by atoms with Gasteiger partial charge in [0, 0.05) is 31.7 Å². The van der Waals surface area contributed by atoms with E-state index in [1.807, 2.05) is 24.3 Å². The highest BCUT2D eigenvalue weighted by molar-refractivity contribution is 7.94. The van der Waals surface area contributed by atoms with Gasteiger partial charge in [-0.15, -0.1) is 0 Å².